The van der Waals surface area contributed by atoms with Crippen LogP contribution in [0.15, 0.2) is 51.8 Å². The first-order valence-electron chi connectivity index (χ1n) is 9.09. The van der Waals surface area contributed by atoms with Gasteiger partial charge in [-0.15, -0.1) is 0 Å². The molecule has 2 N–H and O–H groups in total. The quantitative estimate of drug-likeness (QED) is 0.825. The molecule has 136 valence electrons. The van der Waals surface area contributed by atoms with Gasteiger partial charge in [-0.1, -0.05) is 19.3 Å². The Balaban J connectivity index is 1.77. The van der Waals surface area contributed by atoms with E-state index in [4.69, 9.17) is 5.73 Å². The van der Waals surface area contributed by atoms with Crippen molar-refractivity contribution in [3.63, 3.8) is 0 Å². The summed E-state index contributed by atoms with van der Waals surface area (Å²) >= 11 is 0. The van der Waals surface area contributed by atoms with Crippen molar-refractivity contribution in [1.82, 2.24) is 4.98 Å². The first-order valence-corrected chi connectivity index (χ1v) is 9.09. The third kappa shape index (κ3) is 4.45. The molecule has 0 atom stereocenters. The molecule has 26 heavy (non-hydrogen) atoms. The number of nitrogens with zero attached hydrogens (tertiary/aromatic N) is 5. The molecule has 2 aliphatic rings. The highest BCUT2D eigenvalue weighted by molar-refractivity contribution is 6.15. The molecule has 1 aromatic rings. The molecule has 1 saturated carbocycles. The maximum atomic E-state index is 5.97. The zero-order valence-corrected chi connectivity index (χ0v) is 15.3. The van der Waals surface area contributed by atoms with Crippen LogP contribution in [0.4, 0.5) is 5.82 Å². The summed E-state index contributed by atoms with van der Waals surface area (Å²) in [6.45, 7) is 3.39. The highest BCUT2D eigenvalue weighted by Crippen LogP contribution is 2.26. The third-order valence-electron chi connectivity index (χ3n) is 4.87. The van der Waals surface area contributed by atoms with Crippen LogP contribution < -0.4 is 10.6 Å². The van der Waals surface area contributed by atoms with Gasteiger partial charge >= 0.3 is 0 Å². The SMILES string of the molecule is C=N/C=C\N=C1\C=C(c2ccc(N(C)C3CCCCC3)nc2)N=C(N)C1. The van der Waals surface area contributed by atoms with Gasteiger partial charge in [0.05, 0.1) is 11.4 Å². The van der Waals surface area contributed by atoms with Gasteiger partial charge in [0.2, 0.25) is 0 Å². The van der Waals surface area contributed by atoms with Gasteiger partial charge in [-0.2, -0.15) is 0 Å². The van der Waals surface area contributed by atoms with E-state index in [0.29, 0.717) is 18.3 Å². The van der Waals surface area contributed by atoms with Gasteiger partial charge in [0.25, 0.3) is 0 Å². The number of amidine groups is 1. The third-order valence-corrected chi connectivity index (χ3v) is 4.87. The molecule has 0 amide bonds. The minimum atomic E-state index is 0.529. The Morgan fingerprint density at radius 2 is 2.04 bits per heavy atom. The van der Waals surface area contributed by atoms with E-state index in [-0.39, 0.29) is 0 Å². The summed E-state index contributed by atoms with van der Waals surface area (Å²) in [5.74, 6) is 1.55. The first-order chi connectivity index (χ1) is 12.7. The molecule has 1 fully saturated rings. The fraction of sp³-hybridized carbons (Fsp3) is 0.400. The number of rotatable bonds is 5. The predicted molar refractivity (Wildman–Crippen MR) is 110 cm³/mol. The Morgan fingerprint density at radius 1 is 1.23 bits per heavy atom. The number of pyridine rings is 1. The van der Waals surface area contributed by atoms with Gasteiger partial charge in [-0.05, 0) is 37.8 Å². The fourth-order valence-corrected chi connectivity index (χ4v) is 3.43. The highest BCUT2D eigenvalue weighted by atomic mass is 15.2. The van der Waals surface area contributed by atoms with Crippen molar-refractivity contribution in [2.45, 2.75) is 44.6 Å². The molecule has 2 heterocycles. The molecular formula is C20H26N6. The summed E-state index contributed by atoms with van der Waals surface area (Å²) in [5.41, 5.74) is 8.54. The van der Waals surface area contributed by atoms with Gasteiger partial charge in [-0.3, -0.25) is 9.98 Å². The highest BCUT2D eigenvalue weighted by Gasteiger charge is 2.19. The molecule has 6 nitrogen and oxygen atoms in total. The van der Waals surface area contributed by atoms with Crippen LogP contribution in [0, 0.1) is 0 Å². The number of nitrogens with two attached hydrogens (primary N) is 1. The first kappa shape index (κ1) is 18.0. The van der Waals surface area contributed by atoms with Crippen molar-refractivity contribution < 1.29 is 0 Å². The Kier molecular flexibility index (Phi) is 5.94. The van der Waals surface area contributed by atoms with Crippen LogP contribution in [-0.4, -0.2) is 36.3 Å². The lowest BCUT2D eigenvalue weighted by Gasteiger charge is -2.32. The monoisotopic (exact) mass is 350 g/mol. The maximum Gasteiger partial charge on any atom is 0.128 e. The van der Waals surface area contributed by atoms with Gasteiger partial charge in [0.15, 0.2) is 0 Å². The Labute approximate surface area is 155 Å². The standard InChI is InChI=1S/C20H26N6/c1-22-10-11-23-16-12-18(25-19(21)13-16)15-8-9-20(24-14-15)26(2)17-6-4-3-5-7-17/h8-12,14,17H,1,3-7,13H2,2H3,(H2,21,25)/b11-10-,23-16-. The Morgan fingerprint density at radius 3 is 2.73 bits per heavy atom. The average molecular weight is 350 g/mol. The van der Waals surface area contributed by atoms with Crippen molar-refractivity contribution in [2.24, 2.45) is 20.7 Å². The molecule has 0 aromatic carbocycles. The van der Waals surface area contributed by atoms with Crippen LogP contribution >= 0.6 is 0 Å². The fourth-order valence-electron chi connectivity index (χ4n) is 3.43. The zero-order valence-electron chi connectivity index (χ0n) is 15.3. The molecule has 0 bridgehead atoms. The second-order valence-corrected chi connectivity index (χ2v) is 6.72. The van der Waals surface area contributed by atoms with Crippen molar-refractivity contribution in [3.8, 4) is 0 Å². The van der Waals surface area contributed by atoms with E-state index in [0.717, 1.165) is 22.8 Å². The van der Waals surface area contributed by atoms with E-state index in [1.54, 1.807) is 12.4 Å². The largest absolute Gasteiger partial charge is 0.387 e. The summed E-state index contributed by atoms with van der Waals surface area (Å²) < 4.78 is 0. The number of aromatic nitrogens is 1. The molecule has 1 aromatic heterocycles. The second-order valence-electron chi connectivity index (χ2n) is 6.72. The minimum Gasteiger partial charge on any atom is -0.387 e. The molecule has 3 rings (SSSR count). The van der Waals surface area contributed by atoms with Crippen LogP contribution in [0.3, 0.4) is 0 Å². The van der Waals surface area contributed by atoms with Crippen LogP contribution in [0.25, 0.3) is 5.70 Å². The van der Waals surface area contributed by atoms with Gasteiger partial charge < -0.3 is 10.6 Å². The van der Waals surface area contributed by atoms with E-state index < -0.39 is 0 Å². The normalized spacial score (nSPS) is 20.1. The maximum absolute atomic E-state index is 5.97. The molecule has 1 aliphatic heterocycles. The van der Waals surface area contributed by atoms with Crippen LogP contribution in [0.2, 0.25) is 0 Å². The summed E-state index contributed by atoms with van der Waals surface area (Å²) in [6, 6.07) is 4.70. The van der Waals surface area contributed by atoms with Gasteiger partial charge in [0.1, 0.15) is 11.7 Å². The average Bonchev–Trinajstić information content (AvgIpc) is 2.68. The van der Waals surface area contributed by atoms with Crippen molar-refractivity contribution in [2.75, 3.05) is 11.9 Å². The molecule has 0 spiro atoms. The molecule has 0 saturated heterocycles. The summed E-state index contributed by atoms with van der Waals surface area (Å²) in [6.07, 6.45) is 13.9. The molecule has 6 heteroatoms. The summed E-state index contributed by atoms with van der Waals surface area (Å²) in [5, 5.41) is 0. The van der Waals surface area contributed by atoms with E-state index in [1.165, 1.54) is 32.1 Å². The number of hydrogen-bond donors (Lipinski definition) is 1. The lowest BCUT2D eigenvalue weighted by atomic mass is 9.94. The van der Waals surface area contributed by atoms with E-state index in [1.807, 2.05) is 18.3 Å². The van der Waals surface area contributed by atoms with Crippen LogP contribution in [0.5, 0.6) is 0 Å². The molecule has 1 aliphatic carbocycles. The van der Waals surface area contributed by atoms with E-state index in [2.05, 4.69) is 44.7 Å². The number of allylic oxidation sites excluding steroid dienone is 1. The minimum absolute atomic E-state index is 0.529. The molecular weight excluding hydrogens is 324 g/mol. The summed E-state index contributed by atoms with van der Waals surface area (Å²) in [4.78, 5) is 19.4. The Hall–Kier alpha value is -2.76. The number of anilines is 1. The van der Waals surface area contributed by atoms with Crippen molar-refractivity contribution in [3.05, 3.63) is 42.4 Å². The van der Waals surface area contributed by atoms with Crippen molar-refractivity contribution in [1.29, 1.82) is 0 Å². The topological polar surface area (TPSA) is 79.2 Å². The lowest BCUT2D eigenvalue weighted by molar-refractivity contribution is 0.426. The summed E-state index contributed by atoms with van der Waals surface area (Å²) in [7, 11) is 2.14. The molecule has 0 radical (unpaired) electrons. The molecule has 0 unspecified atom stereocenters. The zero-order chi connectivity index (χ0) is 18.4. The van der Waals surface area contributed by atoms with Crippen molar-refractivity contribution >= 4 is 29.8 Å². The van der Waals surface area contributed by atoms with Gasteiger partial charge in [0, 0.05) is 43.7 Å². The van der Waals surface area contributed by atoms with E-state index in [9.17, 15) is 0 Å². The van der Waals surface area contributed by atoms with Gasteiger partial charge in [-0.25, -0.2) is 9.98 Å². The number of aliphatic imine (C=N–C) groups is 3. The smallest absolute Gasteiger partial charge is 0.128 e. The lowest BCUT2D eigenvalue weighted by Crippen LogP contribution is -2.33. The van der Waals surface area contributed by atoms with Crippen LogP contribution in [-0.2, 0) is 0 Å². The second kappa shape index (κ2) is 8.56. The predicted octanol–water partition coefficient (Wildman–Crippen LogP) is 3.57. The Bertz CT molecular complexity index is 751. The van der Waals surface area contributed by atoms with Crippen LogP contribution in [0.1, 0.15) is 44.1 Å². The van der Waals surface area contributed by atoms with E-state index >= 15 is 0 Å². The number of hydrogen-bond acceptors (Lipinski definition) is 6.